The van der Waals surface area contributed by atoms with Crippen LogP contribution in [-0.4, -0.2) is 68.3 Å². The van der Waals surface area contributed by atoms with E-state index in [1.807, 2.05) is 0 Å². The van der Waals surface area contributed by atoms with Crippen LogP contribution < -0.4 is 4.72 Å². The van der Waals surface area contributed by atoms with Gasteiger partial charge < -0.3 is 14.6 Å². The van der Waals surface area contributed by atoms with Gasteiger partial charge in [-0.15, -0.1) is 0 Å². The molecule has 0 saturated carbocycles. The van der Waals surface area contributed by atoms with Gasteiger partial charge in [-0.1, -0.05) is 0 Å². The maximum Gasteiger partial charge on any atom is 0.253 e. The van der Waals surface area contributed by atoms with Crippen molar-refractivity contribution in [2.24, 2.45) is 0 Å². The standard InChI is InChI=1S/C17H23N3O5S/c1-13(21)3-8-16(22)19-9-11-20(12-10-19)17(23)14-4-6-15(7-5-14)18-26(2,24)25/h4-7,18H,3,8-12H2,1-2H3. The molecule has 1 N–H and O–H groups in total. The van der Waals surface area contributed by atoms with Gasteiger partial charge >= 0.3 is 0 Å². The van der Waals surface area contributed by atoms with E-state index in [0.717, 1.165) is 6.26 Å². The van der Waals surface area contributed by atoms with Crippen LogP contribution in [0.15, 0.2) is 24.3 Å². The van der Waals surface area contributed by atoms with Gasteiger partial charge in [-0.25, -0.2) is 8.42 Å². The van der Waals surface area contributed by atoms with Crippen LogP contribution in [-0.2, 0) is 19.6 Å². The molecular formula is C17H23N3O5S. The van der Waals surface area contributed by atoms with Crippen LogP contribution in [0.5, 0.6) is 0 Å². The summed E-state index contributed by atoms with van der Waals surface area (Å²) in [6.07, 6.45) is 1.51. The average molecular weight is 381 g/mol. The van der Waals surface area contributed by atoms with E-state index in [-0.39, 0.29) is 30.4 Å². The Morgan fingerprint density at radius 1 is 0.962 bits per heavy atom. The molecule has 1 aromatic rings. The van der Waals surface area contributed by atoms with Crippen LogP contribution in [0, 0.1) is 0 Å². The number of hydrogen-bond donors (Lipinski definition) is 1. The number of carbonyl (C=O) groups is 3. The van der Waals surface area contributed by atoms with Crippen molar-refractivity contribution in [2.45, 2.75) is 19.8 Å². The average Bonchev–Trinajstić information content (AvgIpc) is 2.58. The second-order valence-corrected chi connectivity index (χ2v) is 8.08. The van der Waals surface area contributed by atoms with Gasteiger partial charge in [-0.05, 0) is 31.2 Å². The number of piperazine rings is 1. The van der Waals surface area contributed by atoms with Crippen molar-refractivity contribution in [3.05, 3.63) is 29.8 Å². The molecule has 0 spiro atoms. The van der Waals surface area contributed by atoms with Crippen molar-refractivity contribution in [1.82, 2.24) is 9.80 Å². The number of carbonyl (C=O) groups excluding carboxylic acids is 3. The van der Waals surface area contributed by atoms with Crippen LogP contribution >= 0.6 is 0 Å². The van der Waals surface area contributed by atoms with E-state index < -0.39 is 10.0 Å². The van der Waals surface area contributed by atoms with E-state index in [2.05, 4.69) is 4.72 Å². The van der Waals surface area contributed by atoms with Crippen LogP contribution in [0.1, 0.15) is 30.1 Å². The molecule has 142 valence electrons. The van der Waals surface area contributed by atoms with Crippen LogP contribution in [0.4, 0.5) is 5.69 Å². The lowest BCUT2D eigenvalue weighted by molar-refractivity contribution is -0.134. The van der Waals surface area contributed by atoms with Crippen LogP contribution in [0.3, 0.4) is 0 Å². The number of hydrogen-bond acceptors (Lipinski definition) is 5. The van der Waals surface area contributed by atoms with Crippen molar-refractivity contribution in [3.63, 3.8) is 0 Å². The fourth-order valence-corrected chi connectivity index (χ4v) is 3.24. The Morgan fingerprint density at radius 3 is 2.00 bits per heavy atom. The lowest BCUT2D eigenvalue weighted by atomic mass is 10.1. The molecule has 0 atom stereocenters. The molecule has 1 aliphatic heterocycles. The molecule has 0 bridgehead atoms. The normalized spacial score (nSPS) is 14.8. The minimum atomic E-state index is -3.36. The molecule has 1 aliphatic rings. The Bertz CT molecular complexity index is 781. The molecule has 0 aliphatic carbocycles. The SMILES string of the molecule is CC(=O)CCC(=O)N1CCN(C(=O)c2ccc(NS(C)(=O)=O)cc2)CC1. The molecule has 0 aromatic heterocycles. The quantitative estimate of drug-likeness (QED) is 0.782. The fraction of sp³-hybridized carbons (Fsp3) is 0.471. The zero-order valence-electron chi connectivity index (χ0n) is 14.9. The molecule has 2 rings (SSSR count). The largest absolute Gasteiger partial charge is 0.339 e. The first kappa shape index (κ1) is 19.9. The second kappa shape index (κ2) is 8.31. The minimum Gasteiger partial charge on any atom is -0.339 e. The summed E-state index contributed by atoms with van der Waals surface area (Å²) in [6.45, 7) is 3.19. The third-order valence-electron chi connectivity index (χ3n) is 4.05. The Morgan fingerprint density at radius 2 is 1.50 bits per heavy atom. The van der Waals surface area contributed by atoms with Crippen molar-refractivity contribution in [1.29, 1.82) is 0 Å². The van der Waals surface area contributed by atoms with Crippen molar-refractivity contribution < 1.29 is 22.8 Å². The maximum atomic E-state index is 12.5. The van der Waals surface area contributed by atoms with Crippen LogP contribution in [0.2, 0.25) is 0 Å². The molecule has 1 fully saturated rings. The van der Waals surface area contributed by atoms with Gasteiger partial charge in [0.1, 0.15) is 5.78 Å². The number of rotatable bonds is 6. The number of ketones is 1. The highest BCUT2D eigenvalue weighted by Gasteiger charge is 2.24. The molecule has 1 saturated heterocycles. The zero-order chi connectivity index (χ0) is 19.3. The molecule has 1 heterocycles. The van der Waals surface area contributed by atoms with E-state index in [4.69, 9.17) is 0 Å². The van der Waals surface area contributed by atoms with Gasteiger partial charge in [0.05, 0.1) is 6.26 Å². The fourth-order valence-electron chi connectivity index (χ4n) is 2.68. The van der Waals surface area contributed by atoms with Crippen molar-refractivity contribution in [2.75, 3.05) is 37.2 Å². The van der Waals surface area contributed by atoms with Gasteiger partial charge in [0.15, 0.2) is 0 Å². The van der Waals surface area contributed by atoms with E-state index in [0.29, 0.717) is 37.4 Å². The molecule has 0 radical (unpaired) electrons. The topological polar surface area (TPSA) is 104 Å². The minimum absolute atomic E-state index is 0.0130. The summed E-state index contributed by atoms with van der Waals surface area (Å²) in [5.41, 5.74) is 0.852. The summed E-state index contributed by atoms with van der Waals surface area (Å²) in [5.74, 6) is -0.240. The van der Waals surface area contributed by atoms with Gasteiger partial charge in [-0.2, -0.15) is 0 Å². The number of Topliss-reactive ketones (excluding diaryl/α,β-unsaturated/α-hetero) is 1. The van der Waals surface area contributed by atoms with E-state index in [1.165, 1.54) is 19.1 Å². The van der Waals surface area contributed by atoms with Crippen molar-refractivity contribution in [3.8, 4) is 0 Å². The highest BCUT2D eigenvalue weighted by atomic mass is 32.2. The summed E-state index contributed by atoms with van der Waals surface area (Å²) >= 11 is 0. The van der Waals surface area contributed by atoms with Crippen LogP contribution in [0.25, 0.3) is 0 Å². The number of sulfonamides is 1. The predicted molar refractivity (Wildman–Crippen MR) is 97.3 cm³/mol. The third-order valence-corrected chi connectivity index (χ3v) is 4.65. The Kier molecular flexibility index (Phi) is 6.36. The van der Waals surface area contributed by atoms with Gasteiger partial charge in [0, 0.05) is 50.3 Å². The molecule has 26 heavy (non-hydrogen) atoms. The summed E-state index contributed by atoms with van der Waals surface area (Å²) in [7, 11) is -3.36. The van der Waals surface area contributed by atoms with E-state index in [9.17, 15) is 22.8 Å². The summed E-state index contributed by atoms with van der Waals surface area (Å²) in [6, 6.07) is 6.21. The first-order valence-corrected chi connectivity index (χ1v) is 10.2. The number of nitrogens with zero attached hydrogens (tertiary/aromatic N) is 2. The molecule has 9 heteroatoms. The molecule has 2 amide bonds. The number of amides is 2. The smallest absolute Gasteiger partial charge is 0.253 e. The summed E-state index contributed by atoms with van der Waals surface area (Å²) < 4.78 is 24.7. The Balaban J connectivity index is 1.90. The number of benzene rings is 1. The molecule has 1 aromatic carbocycles. The monoisotopic (exact) mass is 381 g/mol. The van der Waals surface area contributed by atoms with E-state index >= 15 is 0 Å². The Hall–Kier alpha value is -2.42. The highest BCUT2D eigenvalue weighted by Crippen LogP contribution is 2.14. The third kappa shape index (κ3) is 5.83. The Labute approximate surface area is 153 Å². The zero-order valence-corrected chi connectivity index (χ0v) is 15.7. The molecule has 8 nitrogen and oxygen atoms in total. The first-order valence-electron chi connectivity index (χ1n) is 8.30. The van der Waals surface area contributed by atoms with Gasteiger partial charge in [-0.3, -0.25) is 14.3 Å². The molecular weight excluding hydrogens is 358 g/mol. The van der Waals surface area contributed by atoms with Crippen molar-refractivity contribution >= 4 is 33.3 Å². The predicted octanol–water partition coefficient (Wildman–Crippen LogP) is 0.712. The first-order chi connectivity index (χ1) is 12.2. The summed E-state index contributed by atoms with van der Waals surface area (Å²) in [5, 5.41) is 0. The highest BCUT2D eigenvalue weighted by molar-refractivity contribution is 7.92. The van der Waals surface area contributed by atoms with Gasteiger partial charge in [0.25, 0.3) is 5.91 Å². The lowest BCUT2D eigenvalue weighted by Gasteiger charge is -2.35. The van der Waals surface area contributed by atoms with Gasteiger partial charge in [0.2, 0.25) is 15.9 Å². The number of nitrogens with one attached hydrogen (secondary N) is 1. The lowest BCUT2D eigenvalue weighted by Crippen LogP contribution is -2.50. The van der Waals surface area contributed by atoms with E-state index in [1.54, 1.807) is 21.9 Å². The maximum absolute atomic E-state index is 12.5. The molecule has 0 unspecified atom stereocenters. The number of anilines is 1. The second-order valence-electron chi connectivity index (χ2n) is 6.33. The summed E-state index contributed by atoms with van der Waals surface area (Å²) in [4.78, 5) is 38.8.